The zero-order valence-corrected chi connectivity index (χ0v) is 20.7. The normalized spacial score (nSPS) is 12.5. The van der Waals surface area contributed by atoms with Crippen molar-refractivity contribution in [1.29, 1.82) is 0 Å². The maximum Gasteiger partial charge on any atom is 0.433 e. The minimum atomic E-state index is -4.54. The first-order valence-corrected chi connectivity index (χ1v) is 12.9. The number of alkyl halides is 3. The highest BCUT2D eigenvalue weighted by Crippen LogP contribution is 2.31. The Morgan fingerprint density at radius 2 is 1.85 bits per heavy atom. The molecule has 0 unspecified atom stereocenters. The number of aryl methyl sites for hydroxylation is 1. The van der Waals surface area contributed by atoms with E-state index in [-0.39, 0.29) is 17.3 Å². The maximum atomic E-state index is 13.1. The Morgan fingerprint density at radius 1 is 1.15 bits per heavy atom. The van der Waals surface area contributed by atoms with Crippen LogP contribution in [0.25, 0.3) is 5.57 Å². The number of amides is 1. The number of halogens is 4. The molecule has 0 fully saturated rings. The third-order valence-electron chi connectivity index (χ3n) is 4.72. The van der Waals surface area contributed by atoms with E-state index in [1.54, 1.807) is 6.07 Å². The number of nitrogens with one attached hydrogen (secondary N) is 2. The van der Waals surface area contributed by atoms with Gasteiger partial charge in [0.1, 0.15) is 5.69 Å². The molecule has 0 aliphatic carbocycles. The van der Waals surface area contributed by atoms with Gasteiger partial charge in [0.15, 0.2) is 0 Å². The molecule has 0 saturated heterocycles. The predicted octanol–water partition coefficient (Wildman–Crippen LogP) is 5.58. The van der Waals surface area contributed by atoms with Gasteiger partial charge < -0.3 is 5.32 Å². The van der Waals surface area contributed by atoms with E-state index in [1.165, 1.54) is 24.3 Å². The first-order valence-electron chi connectivity index (χ1n) is 10.7. The Morgan fingerprint density at radius 3 is 2.41 bits per heavy atom. The second-order valence-electron chi connectivity index (χ2n) is 7.76. The van der Waals surface area contributed by atoms with Gasteiger partial charge in [-0.2, -0.15) is 13.2 Å². The molecular formula is C23H27ClF3N3O3S. The lowest BCUT2D eigenvalue weighted by molar-refractivity contribution is -0.141. The molecule has 2 aromatic rings. The molecule has 1 aromatic carbocycles. The summed E-state index contributed by atoms with van der Waals surface area (Å²) in [6.45, 7) is 3.89. The number of aromatic nitrogens is 1. The van der Waals surface area contributed by atoms with E-state index in [0.29, 0.717) is 48.1 Å². The SMILES string of the molecule is CCCC(=CC(=O)NCc1ccc(NS(C)(=O)=O)c(Cl)c1)c1ccc(C(F)(F)F)nc1CCC. The Hall–Kier alpha value is -2.59. The van der Waals surface area contributed by atoms with Crippen LogP contribution < -0.4 is 10.0 Å². The second-order valence-corrected chi connectivity index (χ2v) is 9.92. The summed E-state index contributed by atoms with van der Waals surface area (Å²) < 4.78 is 64.4. The number of nitrogens with zero attached hydrogens (tertiary/aromatic N) is 1. The van der Waals surface area contributed by atoms with E-state index in [4.69, 9.17) is 11.6 Å². The molecule has 0 atom stereocenters. The molecule has 0 radical (unpaired) electrons. The maximum absolute atomic E-state index is 13.1. The van der Waals surface area contributed by atoms with Crippen molar-refractivity contribution >= 4 is 38.8 Å². The van der Waals surface area contributed by atoms with Crippen molar-refractivity contribution in [1.82, 2.24) is 10.3 Å². The number of sulfonamides is 1. The second kappa shape index (κ2) is 11.7. The van der Waals surface area contributed by atoms with Crippen LogP contribution in [0.5, 0.6) is 0 Å². The number of allylic oxidation sites excluding steroid dienone is 1. The molecule has 34 heavy (non-hydrogen) atoms. The zero-order chi connectivity index (χ0) is 25.5. The van der Waals surface area contributed by atoms with Gasteiger partial charge in [0.2, 0.25) is 15.9 Å². The molecule has 6 nitrogen and oxygen atoms in total. The van der Waals surface area contributed by atoms with Crippen molar-refractivity contribution in [2.24, 2.45) is 0 Å². The van der Waals surface area contributed by atoms with Crippen molar-refractivity contribution < 1.29 is 26.4 Å². The summed E-state index contributed by atoms with van der Waals surface area (Å²) >= 11 is 6.11. The number of rotatable bonds is 10. The van der Waals surface area contributed by atoms with Crippen molar-refractivity contribution in [3.63, 3.8) is 0 Å². The summed E-state index contributed by atoms with van der Waals surface area (Å²) in [5.41, 5.74) is 1.37. The Bertz CT molecular complexity index is 1170. The molecule has 11 heteroatoms. The number of carbonyl (C=O) groups is 1. The van der Waals surface area contributed by atoms with Crippen LogP contribution in [0.15, 0.2) is 36.4 Å². The molecule has 186 valence electrons. The number of benzene rings is 1. The lowest BCUT2D eigenvalue weighted by Crippen LogP contribution is -2.21. The number of carbonyl (C=O) groups excluding carboxylic acids is 1. The quantitative estimate of drug-likeness (QED) is 0.403. The Balaban J connectivity index is 2.23. The van der Waals surface area contributed by atoms with Gasteiger partial charge >= 0.3 is 6.18 Å². The summed E-state index contributed by atoms with van der Waals surface area (Å²) in [5.74, 6) is -0.416. The molecule has 0 saturated carbocycles. The van der Waals surface area contributed by atoms with Crippen LogP contribution >= 0.6 is 11.6 Å². The van der Waals surface area contributed by atoms with Crippen molar-refractivity contribution in [2.75, 3.05) is 11.0 Å². The van der Waals surface area contributed by atoms with Crippen molar-refractivity contribution in [2.45, 2.75) is 52.3 Å². The number of pyridine rings is 1. The minimum absolute atomic E-state index is 0.126. The monoisotopic (exact) mass is 517 g/mol. The summed E-state index contributed by atoms with van der Waals surface area (Å²) in [7, 11) is -3.48. The van der Waals surface area contributed by atoms with E-state index in [1.807, 2.05) is 13.8 Å². The molecule has 1 aromatic heterocycles. The van der Waals surface area contributed by atoms with E-state index < -0.39 is 27.8 Å². The summed E-state index contributed by atoms with van der Waals surface area (Å²) in [4.78, 5) is 16.4. The predicted molar refractivity (Wildman–Crippen MR) is 128 cm³/mol. The number of anilines is 1. The van der Waals surface area contributed by atoms with E-state index >= 15 is 0 Å². The first kappa shape index (κ1) is 27.7. The smallest absolute Gasteiger partial charge is 0.348 e. The van der Waals surface area contributed by atoms with Crippen LogP contribution in [0.1, 0.15) is 55.6 Å². The van der Waals surface area contributed by atoms with E-state index in [9.17, 15) is 26.4 Å². The lowest BCUT2D eigenvalue weighted by Gasteiger charge is -2.15. The van der Waals surface area contributed by atoms with E-state index in [2.05, 4.69) is 15.0 Å². The fraction of sp³-hybridized carbons (Fsp3) is 0.391. The van der Waals surface area contributed by atoms with Gasteiger partial charge in [0.25, 0.3) is 0 Å². The van der Waals surface area contributed by atoms with Crippen LogP contribution in [-0.2, 0) is 34.0 Å². The van der Waals surface area contributed by atoms with Crippen LogP contribution in [0.2, 0.25) is 5.02 Å². The van der Waals surface area contributed by atoms with Gasteiger partial charge in [-0.15, -0.1) is 0 Å². The van der Waals surface area contributed by atoms with Gasteiger partial charge in [-0.1, -0.05) is 50.4 Å². The highest BCUT2D eigenvalue weighted by atomic mass is 35.5. The molecule has 1 amide bonds. The molecule has 0 spiro atoms. The Labute approximate surface area is 202 Å². The van der Waals surface area contributed by atoms with Gasteiger partial charge in [0.05, 0.1) is 17.0 Å². The summed E-state index contributed by atoms with van der Waals surface area (Å²) in [6.07, 6.45) is 0.00171. The fourth-order valence-corrected chi connectivity index (χ4v) is 4.17. The van der Waals surface area contributed by atoms with Crippen molar-refractivity contribution in [3.8, 4) is 0 Å². The highest BCUT2D eigenvalue weighted by molar-refractivity contribution is 7.92. The topological polar surface area (TPSA) is 88.2 Å². The van der Waals surface area contributed by atoms with Crippen LogP contribution in [0.3, 0.4) is 0 Å². The molecule has 0 aliphatic rings. The number of hydrogen-bond donors (Lipinski definition) is 2. The molecule has 1 heterocycles. The molecule has 0 aliphatic heterocycles. The standard InChI is InChI=1S/C23H27ClF3N3O3S/c1-4-6-16(17-9-11-21(23(25,26)27)29-19(17)7-5-2)13-22(31)28-14-15-8-10-20(18(24)12-15)30-34(3,32)33/h8-13,30H,4-7,14H2,1-3H3,(H,28,31). The van der Waals surface area contributed by atoms with Crippen molar-refractivity contribution in [3.05, 3.63) is 63.9 Å². The van der Waals surface area contributed by atoms with Crippen LogP contribution in [0, 0.1) is 0 Å². The van der Waals surface area contributed by atoms with Gasteiger partial charge in [-0.3, -0.25) is 9.52 Å². The number of hydrogen-bond acceptors (Lipinski definition) is 4. The third-order valence-corrected chi connectivity index (χ3v) is 5.62. The largest absolute Gasteiger partial charge is 0.433 e. The summed E-state index contributed by atoms with van der Waals surface area (Å²) in [5, 5.41) is 2.91. The van der Waals surface area contributed by atoms with E-state index in [0.717, 1.165) is 12.3 Å². The molecule has 2 N–H and O–H groups in total. The van der Waals surface area contributed by atoms with Gasteiger partial charge in [-0.25, -0.2) is 13.4 Å². The average molecular weight is 518 g/mol. The van der Waals surface area contributed by atoms with Crippen LogP contribution in [-0.4, -0.2) is 25.6 Å². The highest BCUT2D eigenvalue weighted by Gasteiger charge is 2.33. The van der Waals surface area contributed by atoms with Gasteiger partial charge in [0, 0.05) is 18.3 Å². The zero-order valence-electron chi connectivity index (χ0n) is 19.1. The van der Waals surface area contributed by atoms with Gasteiger partial charge in [-0.05, 0) is 47.7 Å². The molecular weight excluding hydrogens is 491 g/mol. The molecule has 0 bridgehead atoms. The average Bonchev–Trinajstić information content (AvgIpc) is 2.72. The fourth-order valence-electron chi connectivity index (χ4n) is 3.28. The minimum Gasteiger partial charge on any atom is -0.348 e. The van der Waals surface area contributed by atoms with Crippen LogP contribution in [0.4, 0.5) is 18.9 Å². The summed E-state index contributed by atoms with van der Waals surface area (Å²) in [6, 6.07) is 6.96. The third kappa shape index (κ3) is 8.32. The Kier molecular flexibility index (Phi) is 9.52. The molecule has 2 rings (SSSR count). The first-order chi connectivity index (χ1) is 15.8. The lowest BCUT2D eigenvalue weighted by atomic mass is 9.96.